The maximum absolute atomic E-state index is 12.4. The van der Waals surface area contributed by atoms with E-state index in [1.807, 2.05) is 18.2 Å². The fraction of sp³-hybridized carbons (Fsp3) is 0.462. The quantitative estimate of drug-likeness (QED) is 0.377. The third-order valence-corrected chi connectivity index (χ3v) is 7.64. The first kappa shape index (κ1) is 19.4. The van der Waals surface area contributed by atoms with Crippen LogP contribution < -0.4 is 0 Å². The van der Waals surface area contributed by atoms with Gasteiger partial charge in [0.05, 0.1) is 26.2 Å². The van der Waals surface area contributed by atoms with Gasteiger partial charge in [-0.1, -0.05) is 66.7 Å². The Labute approximate surface area is 170 Å². The highest BCUT2D eigenvalue weighted by atomic mass is 16.3. The fourth-order valence-corrected chi connectivity index (χ4v) is 5.82. The number of piperidine rings is 3. The second-order valence-electron chi connectivity index (χ2n) is 8.99. The van der Waals surface area contributed by atoms with E-state index in [-0.39, 0.29) is 5.41 Å². The topological polar surface area (TPSA) is 20.2 Å². The Morgan fingerprint density at radius 2 is 1.36 bits per heavy atom. The van der Waals surface area contributed by atoms with Crippen molar-refractivity contribution < 1.29 is 9.59 Å². The zero-order valence-electron chi connectivity index (χ0n) is 17.0. The van der Waals surface area contributed by atoms with Gasteiger partial charge in [0.2, 0.25) is 0 Å². The summed E-state index contributed by atoms with van der Waals surface area (Å²) in [4.78, 5) is 0. The molecule has 0 aliphatic carbocycles. The summed E-state index contributed by atoms with van der Waals surface area (Å²) in [6, 6.07) is 20.8. The van der Waals surface area contributed by atoms with Gasteiger partial charge in [-0.05, 0) is 30.4 Å². The molecule has 0 radical (unpaired) electrons. The van der Waals surface area contributed by atoms with Crippen molar-refractivity contribution in [3.05, 3.63) is 84.4 Å². The molecule has 2 heteroatoms. The lowest BCUT2D eigenvalue weighted by Crippen LogP contribution is -2.66. The number of allylic oxidation sites excluding steroid dienone is 1. The van der Waals surface area contributed by atoms with Gasteiger partial charge >= 0.3 is 0 Å². The Kier molecular flexibility index (Phi) is 5.44. The van der Waals surface area contributed by atoms with E-state index in [9.17, 15) is 5.11 Å². The molecule has 3 heterocycles. The molecule has 0 aromatic heterocycles. The van der Waals surface area contributed by atoms with Crippen LogP contribution in [-0.4, -0.2) is 35.8 Å². The molecule has 0 spiro atoms. The lowest BCUT2D eigenvalue weighted by Gasteiger charge is -2.60. The summed E-state index contributed by atoms with van der Waals surface area (Å²) in [5.74, 6) is 0. The van der Waals surface area contributed by atoms with E-state index in [0.717, 1.165) is 36.8 Å². The number of nitrogens with zero attached hydrogens (tertiary/aromatic N) is 1. The molecule has 3 fully saturated rings. The minimum absolute atomic E-state index is 0.0587. The molecular formula is C26H34NO+. The number of rotatable bonds is 8. The largest absolute Gasteiger partial charge is 0.380 e. The summed E-state index contributed by atoms with van der Waals surface area (Å²) in [6.45, 7) is 8.76. The standard InChI is InChI=1S/C26H34NO/c1-2-3-4-11-19-27-20-16-25(17-21-27,18-22-27)26(28,23-12-7-5-8-13-23)24-14-9-6-10-15-24/h2,5-10,12-15,28H,1,3-4,11,16-22H2/q+1. The third kappa shape index (κ3) is 3.23. The van der Waals surface area contributed by atoms with Crippen molar-refractivity contribution in [1.82, 2.24) is 0 Å². The minimum atomic E-state index is -0.908. The molecule has 2 aromatic rings. The van der Waals surface area contributed by atoms with E-state index in [0.29, 0.717) is 0 Å². The molecule has 5 rings (SSSR count). The number of aliphatic hydroxyl groups is 1. The maximum atomic E-state index is 12.4. The van der Waals surface area contributed by atoms with Gasteiger partial charge in [-0.15, -0.1) is 6.58 Å². The zero-order valence-corrected chi connectivity index (χ0v) is 17.0. The molecule has 3 aliphatic rings. The summed E-state index contributed by atoms with van der Waals surface area (Å²) in [5.41, 5.74) is 1.13. The SMILES string of the molecule is C=CCCCC[N+]12CCC(C(O)(c3ccccc3)c3ccccc3)(CC1)CC2. The molecule has 0 amide bonds. The van der Waals surface area contributed by atoms with Crippen LogP contribution in [0.15, 0.2) is 73.3 Å². The van der Waals surface area contributed by atoms with Crippen molar-refractivity contribution in [3.8, 4) is 0 Å². The first-order valence-corrected chi connectivity index (χ1v) is 10.9. The van der Waals surface area contributed by atoms with E-state index >= 15 is 0 Å². The molecular weight excluding hydrogens is 342 g/mol. The first-order valence-electron chi connectivity index (χ1n) is 10.9. The van der Waals surface area contributed by atoms with Crippen molar-refractivity contribution in [2.75, 3.05) is 26.2 Å². The normalized spacial score (nSPS) is 26.9. The molecule has 0 unspecified atom stereocenters. The number of unbranched alkanes of at least 4 members (excludes halogenated alkanes) is 2. The van der Waals surface area contributed by atoms with Gasteiger partial charge in [0.15, 0.2) is 0 Å². The van der Waals surface area contributed by atoms with Gasteiger partial charge in [0, 0.05) is 24.7 Å². The van der Waals surface area contributed by atoms with Crippen molar-refractivity contribution in [2.45, 2.75) is 44.1 Å². The van der Waals surface area contributed by atoms with E-state index in [1.54, 1.807) is 0 Å². The van der Waals surface area contributed by atoms with Crippen LogP contribution in [0, 0.1) is 5.41 Å². The highest BCUT2D eigenvalue weighted by Gasteiger charge is 2.60. The summed E-state index contributed by atoms with van der Waals surface area (Å²) in [5, 5.41) is 12.4. The molecule has 148 valence electrons. The van der Waals surface area contributed by atoms with Gasteiger partial charge < -0.3 is 9.59 Å². The fourth-order valence-electron chi connectivity index (χ4n) is 5.82. The predicted molar refractivity (Wildman–Crippen MR) is 116 cm³/mol. The van der Waals surface area contributed by atoms with Gasteiger partial charge in [0.25, 0.3) is 0 Å². The van der Waals surface area contributed by atoms with Crippen LogP contribution in [0.1, 0.15) is 49.7 Å². The second kappa shape index (κ2) is 7.85. The Morgan fingerprint density at radius 3 is 1.82 bits per heavy atom. The molecule has 2 nitrogen and oxygen atoms in total. The van der Waals surface area contributed by atoms with Gasteiger partial charge in [0.1, 0.15) is 5.60 Å². The number of hydrogen-bond acceptors (Lipinski definition) is 1. The number of hydrogen-bond donors (Lipinski definition) is 1. The van der Waals surface area contributed by atoms with Crippen LogP contribution in [0.5, 0.6) is 0 Å². The Morgan fingerprint density at radius 1 is 0.857 bits per heavy atom. The van der Waals surface area contributed by atoms with Crippen molar-refractivity contribution in [3.63, 3.8) is 0 Å². The average Bonchev–Trinajstić information content (AvgIpc) is 2.78. The molecule has 0 saturated carbocycles. The van der Waals surface area contributed by atoms with Gasteiger partial charge in [-0.3, -0.25) is 0 Å². The summed E-state index contributed by atoms with van der Waals surface area (Å²) in [6.07, 6.45) is 9.04. The summed E-state index contributed by atoms with van der Waals surface area (Å²) < 4.78 is 1.26. The molecule has 3 aliphatic heterocycles. The van der Waals surface area contributed by atoms with Crippen LogP contribution in [0.2, 0.25) is 0 Å². The third-order valence-electron chi connectivity index (χ3n) is 7.64. The second-order valence-corrected chi connectivity index (χ2v) is 8.99. The predicted octanol–water partition coefficient (Wildman–Crippen LogP) is 5.28. The van der Waals surface area contributed by atoms with E-state index in [4.69, 9.17) is 0 Å². The Bertz CT molecular complexity index is 719. The monoisotopic (exact) mass is 376 g/mol. The van der Waals surface area contributed by atoms with Crippen molar-refractivity contribution in [2.24, 2.45) is 5.41 Å². The number of quaternary nitrogens is 1. The van der Waals surface area contributed by atoms with E-state index in [1.165, 1.54) is 43.5 Å². The van der Waals surface area contributed by atoms with E-state index < -0.39 is 5.60 Å². The molecule has 0 atom stereocenters. The molecule has 28 heavy (non-hydrogen) atoms. The van der Waals surface area contributed by atoms with Crippen LogP contribution >= 0.6 is 0 Å². The van der Waals surface area contributed by atoms with Crippen LogP contribution in [-0.2, 0) is 5.60 Å². The zero-order chi connectivity index (χ0) is 19.5. The van der Waals surface area contributed by atoms with Crippen LogP contribution in [0.4, 0.5) is 0 Å². The highest BCUT2D eigenvalue weighted by Crippen LogP contribution is 2.57. The molecule has 1 N–H and O–H groups in total. The van der Waals surface area contributed by atoms with E-state index in [2.05, 4.69) is 55.1 Å². The maximum Gasteiger partial charge on any atom is 0.121 e. The summed E-state index contributed by atoms with van der Waals surface area (Å²) in [7, 11) is 0. The first-order chi connectivity index (χ1) is 13.6. The van der Waals surface area contributed by atoms with Crippen molar-refractivity contribution >= 4 is 0 Å². The highest BCUT2D eigenvalue weighted by molar-refractivity contribution is 5.39. The van der Waals surface area contributed by atoms with Crippen LogP contribution in [0.25, 0.3) is 0 Å². The Balaban J connectivity index is 1.62. The lowest BCUT2D eigenvalue weighted by molar-refractivity contribution is -0.946. The molecule has 3 saturated heterocycles. The number of benzene rings is 2. The smallest absolute Gasteiger partial charge is 0.121 e. The summed E-state index contributed by atoms with van der Waals surface area (Å²) >= 11 is 0. The Hall–Kier alpha value is -1.90. The minimum Gasteiger partial charge on any atom is -0.380 e. The average molecular weight is 377 g/mol. The van der Waals surface area contributed by atoms with Gasteiger partial charge in [-0.2, -0.15) is 0 Å². The molecule has 2 bridgehead atoms. The number of fused-ring (bicyclic) bond motifs is 3. The van der Waals surface area contributed by atoms with Gasteiger partial charge in [-0.25, -0.2) is 0 Å². The van der Waals surface area contributed by atoms with Crippen LogP contribution in [0.3, 0.4) is 0 Å². The lowest BCUT2D eigenvalue weighted by atomic mass is 9.56. The molecule has 2 aromatic carbocycles. The van der Waals surface area contributed by atoms with Crippen molar-refractivity contribution in [1.29, 1.82) is 0 Å².